The maximum Gasteiger partial charge on any atom is 0.312 e. The first kappa shape index (κ1) is 17.7. The predicted octanol–water partition coefficient (Wildman–Crippen LogP) is 2.06. The number of amides is 1. The molecule has 1 aliphatic heterocycles. The quantitative estimate of drug-likeness (QED) is 0.646. The molecule has 1 aliphatic rings. The number of nitrogens with zero attached hydrogens (tertiary/aromatic N) is 3. The van der Waals surface area contributed by atoms with Gasteiger partial charge in [-0.3, -0.25) is 19.6 Å². The molecule has 0 saturated heterocycles. The summed E-state index contributed by atoms with van der Waals surface area (Å²) in [5.74, 6) is 1.06. The van der Waals surface area contributed by atoms with Gasteiger partial charge >= 0.3 is 5.69 Å². The van der Waals surface area contributed by atoms with Crippen molar-refractivity contribution in [1.82, 2.24) is 15.1 Å². The molecule has 1 aromatic carbocycles. The van der Waals surface area contributed by atoms with Crippen LogP contribution in [-0.2, 0) is 11.3 Å². The number of ether oxygens (including phenoxy) is 2. The van der Waals surface area contributed by atoms with Gasteiger partial charge in [-0.05, 0) is 38.5 Å². The molecule has 0 radical (unpaired) electrons. The molecular weight excluding hydrogens is 340 g/mol. The lowest BCUT2D eigenvalue weighted by molar-refractivity contribution is -0.386. The van der Waals surface area contributed by atoms with Crippen molar-refractivity contribution in [2.24, 2.45) is 0 Å². The van der Waals surface area contributed by atoms with Gasteiger partial charge < -0.3 is 14.8 Å². The van der Waals surface area contributed by atoms with Crippen molar-refractivity contribution < 1.29 is 19.2 Å². The summed E-state index contributed by atoms with van der Waals surface area (Å²) in [5, 5.41) is 18.0. The van der Waals surface area contributed by atoms with E-state index in [9.17, 15) is 14.9 Å². The largest absolute Gasteiger partial charge is 0.486 e. The van der Waals surface area contributed by atoms with E-state index in [1.54, 1.807) is 13.8 Å². The lowest BCUT2D eigenvalue weighted by Crippen LogP contribution is -2.31. The fourth-order valence-corrected chi connectivity index (χ4v) is 2.94. The number of nitro groups is 1. The molecule has 1 amide bonds. The van der Waals surface area contributed by atoms with Gasteiger partial charge in [0.2, 0.25) is 5.91 Å². The Bertz CT molecular complexity index is 861. The van der Waals surface area contributed by atoms with Gasteiger partial charge in [-0.2, -0.15) is 5.10 Å². The highest BCUT2D eigenvalue weighted by Gasteiger charge is 2.23. The smallest absolute Gasteiger partial charge is 0.312 e. The van der Waals surface area contributed by atoms with E-state index in [1.807, 2.05) is 25.1 Å². The standard InChI is InChI=1S/C17H20N4O5/c1-10(13-4-5-14-15(8-13)26-7-6-25-14)18-16(22)9-20-12(3)17(21(23)24)11(2)19-20/h4-5,8,10H,6-7,9H2,1-3H3,(H,18,22)/t10-/m1/s1. The highest BCUT2D eigenvalue weighted by molar-refractivity contribution is 5.76. The topological polar surface area (TPSA) is 109 Å². The monoisotopic (exact) mass is 360 g/mol. The highest BCUT2D eigenvalue weighted by Crippen LogP contribution is 2.32. The molecule has 9 heteroatoms. The van der Waals surface area contributed by atoms with Crippen molar-refractivity contribution in [2.75, 3.05) is 13.2 Å². The number of hydrogen-bond donors (Lipinski definition) is 1. The van der Waals surface area contributed by atoms with Crippen molar-refractivity contribution >= 4 is 11.6 Å². The van der Waals surface area contributed by atoms with Gasteiger partial charge in [-0.25, -0.2) is 0 Å². The number of aryl methyl sites for hydroxylation is 1. The van der Waals surface area contributed by atoms with Crippen LogP contribution in [0.2, 0.25) is 0 Å². The van der Waals surface area contributed by atoms with E-state index in [0.717, 1.165) is 5.56 Å². The Kier molecular flexibility index (Phi) is 4.79. The second kappa shape index (κ2) is 7.03. The Morgan fingerprint density at radius 1 is 1.35 bits per heavy atom. The van der Waals surface area contributed by atoms with Crippen LogP contribution in [0.15, 0.2) is 18.2 Å². The summed E-state index contributed by atoms with van der Waals surface area (Å²) in [4.78, 5) is 22.9. The minimum atomic E-state index is -0.482. The number of hydrogen-bond acceptors (Lipinski definition) is 6. The molecular formula is C17H20N4O5. The number of nitrogens with one attached hydrogen (secondary N) is 1. The summed E-state index contributed by atoms with van der Waals surface area (Å²) in [6, 6.07) is 5.27. The molecule has 2 aromatic rings. The SMILES string of the molecule is Cc1nn(CC(=O)N[C@H](C)c2ccc3c(c2)OCCO3)c(C)c1[N+](=O)[O-]. The maximum atomic E-state index is 12.3. The zero-order valence-corrected chi connectivity index (χ0v) is 14.8. The third-order valence-electron chi connectivity index (χ3n) is 4.26. The minimum Gasteiger partial charge on any atom is -0.486 e. The fraction of sp³-hybridized carbons (Fsp3) is 0.412. The van der Waals surface area contributed by atoms with Gasteiger partial charge in [0.15, 0.2) is 11.5 Å². The van der Waals surface area contributed by atoms with Gasteiger partial charge in [0.05, 0.1) is 11.0 Å². The van der Waals surface area contributed by atoms with Gasteiger partial charge in [0, 0.05) is 0 Å². The number of carbonyl (C=O) groups is 1. The van der Waals surface area contributed by atoms with Crippen molar-refractivity contribution in [3.8, 4) is 11.5 Å². The average molecular weight is 360 g/mol. The summed E-state index contributed by atoms with van der Waals surface area (Å²) in [6.07, 6.45) is 0. The molecule has 138 valence electrons. The number of aromatic nitrogens is 2. The lowest BCUT2D eigenvalue weighted by Gasteiger charge is -2.21. The molecule has 3 rings (SSSR count). The van der Waals surface area contributed by atoms with E-state index in [1.165, 1.54) is 4.68 Å². The summed E-state index contributed by atoms with van der Waals surface area (Å²) in [7, 11) is 0. The zero-order valence-electron chi connectivity index (χ0n) is 14.8. The predicted molar refractivity (Wildman–Crippen MR) is 92.3 cm³/mol. The van der Waals surface area contributed by atoms with Crippen molar-refractivity contribution in [3.63, 3.8) is 0 Å². The Balaban J connectivity index is 1.68. The van der Waals surface area contributed by atoms with Crippen LogP contribution in [0, 0.1) is 24.0 Å². The molecule has 1 N–H and O–H groups in total. The minimum absolute atomic E-state index is 0.0577. The van der Waals surface area contributed by atoms with Crippen molar-refractivity contribution in [2.45, 2.75) is 33.4 Å². The average Bonchev–Trinajstić information content (AvgIpc) is 2.87. The van der Waals surface area contributed by atoms with Crippen LogP contribution < -0.4 is 14.8 Å². The first-order valence-corrected chi connectivity index (χ1v) is 8.24. The molecule has 0 unspecified atom stereocenters. The van der Waals surface area contributed by atoms with E-state index in [-0.39, 0.29) is 24.2 Å². The van der Waals surface area contributed by atoms with Crippen LogP contribution in [0.25, 0.3) is 0 Å². The molecule has 2 heterocycles. The molecule has 0 fully saturated rings. The Hall–Kier alpha value is -3.10. The van der Waals surface area contributed by atoms with E-state index >= 15 is 0 Å². The van der Waals surface area contributed by atoms with Gasteiger partial charge in [0.1, 0.15) is 31.1 Å². The molecule has 9 nitrogen and oxygen atoms in total. The summed E-state index contributed by atoms with van der Waals surface area (Å²) in [5.41, 5.74) is 1.47. The van der Waals surface area contributed by atoms with Crippen LogP contribution in [-0.4, -0.2) is 33.8 Å². The van der Waals surface area contributed by atoms with Crippen LogP contribution in [0.4, 0.5) is 5.69 Å². The molecule has 0 bridgehead atoms. The lowest BCUT2D eigenvalue weighted by atomic mass is 10.1. The first-order chi connectivity index (χ1) is 12.4. The first-order valence-electron chi connectivity index (χ1n) is 8.24. The van der Waals surface area contributed by atoms with Gasteiger partial charge in [-0.1, -0.05) is 6.07 Å². The van der Waals surface area contributed by atoms with Gasteiger partial charge in [0.25, 0.3) is 0 Å². The van der Waals surface area contributed by atoms with Crippen molar-refractivity contribution in [1.29, 1.82) is 0 Å². The Morgan fingerprint density at radius 2 is 2.04 bits per heavy atom. The maximum absolute atomic E-state index is 12.3. The normalized spacial score (nSPS) is 14.0. The van der Waals surface area contributed by atoms with E-state index in [4.69, 9.17) is 9.47 Å². The summed E-state index contributed by atoms with van der Waals surface area (Å²) < 4.78 is 12.4. The van der Waals surface area contributed by atoms with Crippen molar-refractivity contribution in [3.05, 3.63) is 45.3 Å². The van der Waals surface area contributed by atoms with E-state index in [2.05, 4.69) is 10.4 Å². The number of fused-ring (bicyclic) bond motifs is 1. The second-order valence-corrected chi connectivity index (χ2v) is 6.13. The van der Waals surface area contributed by atoms with E-state index < -0.39 is 4.92 Å². The van der Waals surface area contributed by atoms with Crippen LogP contribution in [0.5, 0.6) is 11.5 Å². The number of benzene rings is 1. The van der Waals surface area contributed by atoms with Crippen LogP contribution in [0.1, 0.15) is 29.9 Å². The van der Waals surface area contributed by atoms with E-state index in [0.29, 0.717) is 36.1 Å². The van der Waals surface area contributed by atoms with Crippen LogP contribution >= 0.6 is 0 Å². The summed E-state index contributed by atoms with van der Waals surface area (Å²) >= 11 is 0. The third-order valence-corrected chi connectivity index (χ3v) is 4.26. The number of carbonyl (C=O) groups excluding carboxylic acids is 1. The Morgan fingerprint density at radius 3 is 2.69 bits per heavy atom. The molecule has 0 saturated carbocycles. The van der Waals surface area contributed by atoms with Gasteiger partial charge in [-0.15, -0.1) is 0 Å². The zero-order chi connectivity index (χ0) is 18.8. The molecule has 1 atom stereocenters. The third kappa shape index (κ3) is 3.46. The molecule has 0 spiro atoms. The van der Waals surface area contributed by atoms with Crippen LogP contribution in [0.3, 0.4) is 0 Å². The fourth-order valence-electron chi connectivity index (χ4n) is 2.94. The molecule has 26 heavy (non-hydrogen) atoms. The Labute approximate surface area is 150 Å². The number of rotatable bonds is 5. The second-order valence-electron chi connectivity index (χ2n) is 6.13. The molecule has 1 aromatic heterocycles. The summed E-state index contributed by atoms with van der Waals surface area (Å²) in [6.45, 7) is 5.91. The molecule has 0 aliphatic carbocycles. The highest BCUT2D eigenvalue weighted by atomic mass is 16.6.